The Morgan fingerprint density at radius 1 is 1.27 bits per heavy atom. The van der Waals surface area contributed by atoms with Gasteiger partial charge in [-0.3, -0.25) is 4.79 Å². The van der Waals surface area contributed by atoms with E-state index in [-0.39, 0.29) is 5.91 Å². The summed E-state index contributed by atoms with van der Waals surface area (Å²) in [6.45, 7) is 5.14. The number of aliphatic carboxylic acids is 1. The Hall–Kier alpha value is -1.32. The van der Waals surface area contributed by atoms with Crippen LogP contribution in [-0.2, 0) is 9.59 Å². The Morgan fingerprint density at radius 2 is 1.73 bits per heavy atom. The van der Waals surface area contributed by atoms with Crippen LogP contribution in [0.3, 0.4) is 0 Å². The maximum Gasteiger partial charge on any atom is 0.327 e. The Balaban J connectivity index is 0. The van der Waals surface area contributed by atoms with Crippen LogP contribution in [0.4, 0.5) is 0 Å². The highest BCUT2D eigenvalue weighted by Crippen LogP contribution is 2.03. The molecule has 0 aliphatic rings. The zero-order valence-electron chi connectivity index (χ0n) is 9.37. The lowest BCUT2D eigenvalue weighted by Gasteiger charge is -1.95. The largest absolute Gasteiger partial charge is 0.478 e. The van der Waals surface area contributed by atoms with Crippen LogP contribution in [0.15, 0.2) is 12.7 Å². The number of primary amides is 1. The number of unbranched alkanes of at least 4 members (excludes halogenated alkanes) is 4. The van der Waals surface area contributed by atoms with E-state index in [0.717, 1.165) is 18.9 Å². The summed E-state index contributed by atoms with van der Waals surface area (Å²) in [6, 6.07) is 0. The number of amides is 1. The van der Waals surface area contributed by atoms with Crippen molar-refractivity contribution in [2.45, 2.75) is 45.4 Å². The lowest BCUT2D eigenvalue weighted by Crippen LogP contribution is -2.09. The highest BCUT2D eigenvalue weighted by Gasteiger charge is 1.92. The van der Waals surface area contributed by atoms with Crippen LogP contribution in [0.5, 0.6) is 0 Å². The number of rotatable bonds is 7. The maximum atomic E-state index is 10.3. The number of carboxylic acid groups (broad SMARTS) is 1. The summed E-state index contributed by atoms with van der Waals surface area (Å²) in [4.78, 5) is 19.5. The molecule has 0 rings (SSSR count). The van der Waals surface area contributed by atoms with Gasteiger partial charge in [-0.15, -0.1) is 0 Å². The third-order valence-electron chi connectivity index (χ3n) is 1.70. The van der Waals surface area contributed by atoms with Crippen LogP contribution in [0.1, 0.15) is 45.4 Å². The van der Waals surface area contributed by atoms with E-state index in [4.69, 9.17) is 10.8 Å². The molecule has 0 aliphatic carbocycles. The van der Waals surface area contributed by atoms with E-state index in [1.165, 1.54) is 19.3 Å². The van der Waals surface area contributed by atoms with Gasteiger partial charge in [-0.05, 0) is 6.42 Å². The quantitative estimate of drug-likeness (QED) is 0.504. The molecule has 15 heavy (non-hydrogen) atoms. The van der Waals surface area contributed by atoms with Gasteiger partial charge in [0.25, 0.3) is 0 Å². The Labute approximate surface area is 91.2 Å². The number of hydrogen-bond donors (Lipinski definition) is 2. The van der Waals surface area contributed by atoms with Crippen molar-refractivity contribution in [2.24, 2.45) is 5.73 Å². The Morgan fingerprint density at radius 3 is 2.07 bits per heavy atom. The van der Waals surface area contributed by atoms with Gasteiger partial charge in [-0.25, -0.2) is 4.79 Å². The first-order chi connectivity index (χ1) is 7.04. The van der Waals surface area contributed by atoms with Gasteiger partial charge >= 0.3 is 5.97 Å². The Kier molecular flexibility index (Phi) is 13.6. The van der Waals surface area contributed by atoms with E-state index in [9.17, 15) is 9.59 Å². The lowest BCUT2D eigenvalue weighted by molar-refractivity contribution is -0.131. The molecule has 0 aromatic heterocycles. The van der Waals surface area contributed by atoms with Crippen molar-refractivity contribution in [1.82, 2.24) is 0 Å². The number of hydrogen-bond acceptors (Lipinski definition) is 2. The van der Waals surface area contributed by atoms with Gasteiger partial charge in [0.15, 0.2) is 0 Å². The minimum absolute atomic E-state index is 0.170. The standard InChI is InChI=1S/C8H17NO.C3H4O2/c1-2-3-4-5-6-7-8(9)10;1-2-3(4)5/h2-7H2,1H3,(H2,9,10);2H,1H2,(H,4,5). The molecule has 0 heterocycles. The fourth-order valence-corrected chi connectivity index (χ4v) is 0.903. The molecule has 0 fully saturated rings. The zero-order chi connectivity index (χ0) is 12.1. The van der Waals surface area contributed by atoms with Crippen LogP contribution >= 0.6 is 0 Å². The van der Waals surface area contributed by atoms with Gasteiger partial charge in [0.05, 0.1) is 0 Å². The van der Waals surface area contributed by atoms with Crippen molar-refractivity contribution in [3.8, 4) is 0 Å². The minimum Gasteiger partial charge on any atom is -0.478 e. The molecule has 0 aromatic rings. The van der Waals surface area contributed by atoms with Gasteiger partial charge in [0.2, 0.25) is 5.91 Å². The predicted octanol–water partition coefficient (Wildman–Crippen LogP) is 2.09. The fraction of sp³-hybridized carbons (Fsp3) is 0.636. The maximum absolute atomic E-state index is 10.3. The fourth-order valence-electron chi connectivity index (χ4n) is 0.903. The monoisotopic (exact) mass is 215 g/mol. The number of carboxylic acids is 1. The average molecular weight is 215 g/mol. The molecule has 0 aliphatic heterocycles. The van der Waals surface area contributed by atoms with Gasteiger partial charge < -0.3 is 10.8 Å². The van der Waals surface area contributed by atoms with E-state index in [0.29, 0.717) is 6.42 Å². The highest BCUT2D eigenvalue weighted by molar-refractivity contribution is 5.78. The highest BCUT2D eigenvalue weighted by atomic mass is 16.4. The summed E-state index contributed by atoms with van der Waals surface area (Å²) >= 11 is 0. The van der Waals surface area contributed by atoms with Gasteiger partial charge in [-0.1, -0.05) is 39.2 Å². The minimum atomic E-state index is -0.981. The first-order valence-corrected chi connectivity index (χ1v) is 5.18. The molecule has 88 valence electrons. The second-order valence-electron chi connectivity index (χ2n) is 3.17. The number of nitrogens with two attached hydrogens (primary N) is 1. The second kappa shape index (κ2) is 12.7. The molecule has 0 aromatic carbocycles. The normalized spacial score (nSPS) is 8.60. The van der Waals surface area contributed by atoms with Crippen molar-refractivity contribution in [3.63, 3.8) is 0 Å². The van der Waals surface area contributed by atoms with E-state index in [2.05, 4.69) is 13.5 Å². The molecule has 0 atom stereocenters. The summed E-state index contributed by atoms with van der Waals surface area (Å²) in [6.07, 6.45) is 7.27. The van der Waals surface area contributed by atoms with Crippen molar-refractivity contribution in [2.75, 3.05) is 0 Å². The Bertz CT molecular complexity index is 190. The van der Waals surface area contributed by atoms with Gasteiger partial charge in [0.1, 0.15) is 0 Å². The summed E-state index contributed by atoms with van der Waals surface area (Å²) < 4.78 is 0. The average Bonchev–Trinajstić information content (AvgIpc) is 2.18. The van der Waals surface area contributed by atoms with Crippen LogP contribution in [0.25, 0.3) is 0 Å². The van der Waals surface area contributed by atoms with Crippen LogP contribution in [0, 0.1) is 0 Å². The number of carbonyl (C=O) groups excluding carboxylic acids is 1. The molecule has 0 bridgehead atoms. The molecule has 0 radical (unpaired) electrons. The molecule has 1 amide bonds. The molecular formula is C11H21NO3. The zero-order valence-corrected chi connectivity index (χ0v) is 9.37. The SMILES string of the molecule is C=CC(=O)O.CCCCCCCC(N)=O. The lowest BCUT2D eigenvalue weighted by atomic mass is 10.1. The van der Waals surface area contributed by atoms with Gasteiger partial charge in [-0.2, -0.15) is 0 Å². The molecule has 0 unspecified atom stereocenters. The summed E-state index contributed by atoms with van der Waals surface area (Å²) in [5.41, 5.74) is 4.97. The first-order valence-electron chi connectivity index (χ1n) is 5.18. The van der Waals surface area contributed by atoms with Crippen molar-refractivity contribution in [1.29, 1.82) is 0 Å². The van der Waals surface area contributed by atoms with Crippen molar-refractivity contribution >= 4 is 11.9 Å². The molecule has 0 spiro atoms. The molecule has 4 heteroatoms. The molecular weight excluding hydrogens is 194 g/mol. The topological polar surface area (TPSA) is 80.4 Å². The molecule has 4 nitrogen and oxygen atoms in total. The third-order valence-corrected chi connectivity index (χ3v) is 1.70. The van der Waals surface area contributed by atoms with E-state index in [1.807, 2.05) is 0 Å². The van der Waals surface area contributed by atoms with Crippen LogP contribution in [-0.4, -0.2) is 17.0 Å². The summed E-state index contributed by atoms with van der Waals surface area (Å²) in [5.74, 6) is -1.15. The summed E-state index contributed by atoms with van der Waals surface area (Å²) in [7, 11) is 0. The third kappa shape index (κ3) is 24.5. The van der Waals surface area contributed by atoms with E-state index < -0.39 is 5.97 Å². The molecule has 0 saturated heterocycles. The van der Waals surface area contributed by atoms with Gasteiger partial charge in [0, 0.05) is 12.5 Å². The number of carbonyl (C=O) groups is 2. The molecule has 0 saturated carbocycles. The van der Waals surface area contributed by atoms with Crippen molar-refractivity contribution < 1.29 is 14.7 Å². The molecule has 3 N–H and O–H groups in total. The van der Waals surface area contributed by atoms with Crippen LogP contribution < -0.4 is 5.73 Å². The van der Waals surface area contributed by atoms with E-state index in [1.54, 1.807) is 0 Å². The second-order valence-corrected chi connectivity index (χ2v) is 3.17. The van der Waals surface area contributed by atoms with E-state index >= 15 is 0 Å². The summed E-state index contributed by atoms with van der Waals surface area (Å²) in [5, 5.41) is 7.60. The van der Waals surface area contributed by atoms with Crippen molar-refractivity contribution in [3.05, 3.63) is 12.7 Å². The smallest absolute Gasteiger partial charge is 0.327 e. The first kappa shape index (κ1) is 16.1. The van der Waals surface area contributed by atoms with Crippen LogP contribution in [0.2, 0.25) is 0 Å². The predicted molar refractivity (Wildman–Crippen MR) is 60.4 cm³/mol.